The van der Waals surface area contributed by atoms with E-state index in [0.717, 1.165) is 17.1 Å². The number of likely N-dealkylation sites (N-methyl/N-ethyl adjacent to an activating group) is 1. The Balaban J connectivity index is 2.03. The van der Waals surface area contributed by atoms with Crippen LogP contribution in [0.4, 0.5) is 4.79 Å². The summed E-state index contributed by atoms with van der Waals surface area (Å²) in [7, 11) is 1.77. The Labute approximate surface area is 173 Å². The molecule has 0 aliphatic carbocycles. The van der Waals surface area contributed by atoms with Crippen LogP contribution in [0.1, 0.15) is 53.5 Å². The number of amides is 2. The Morgan fingerprint density at radius 3 is 2.45 bits per heavy atom. The molecule has 2 atom stereocenters. The van der Waals surface area contributed by atoms with Crippen molar-refractivity contribution >= 4 is 12.0 Å². The van der Waals surface area contributed by atoms with Crippen molar-refractivity contribution < 1.29 is 23.8 Å². The number of nitrogens with one attached hydrogen (secondary N) is 1. The van der Waals surface area contributed by atoms with Crippen molar-refractivity contribution in [2.24, 2.45) is 5.92 Å². The molecule has 1 aliphatic heterocycles. The van der Waals surface area contributed by atoms with Crippen LogP contribution in [-0.4, -0.2) is 48.4 Å². The van der Waals surface area contributed by atoms with Crippen LogP contribution >= 0.6 is 0 Å². The normalized spacial score (nSPS) is 15.0. The van der Waals surface area contributed by atoms with Crippen LogP contribution < -0.4 is 14.8 Å². The second-order valence-electron chi connectivity index (χ2n) is 9.02. The van der Waals surface area contributed by atoms with Crippen molar-refractivity contribution in [1.82, 2.24) is 10.2 Å². The molecule has 1 N–H and O–H groups in total. The number of alkyl carbamates (subject to hydrolysis) is 1. The lowest BCUT2D eigenvalue weighted by Gasteiger charge is -2.31. The summed E-state index contributed by atoms with van der Waals surface area (Å²) in [6.45, 7) is 11.7. The Morgan fingerprint density at radius 1 is 1.17 bits per heavy atom. The lowest BCUT2D eigenvalue weighted by atomic mass is 10.0. The molecule has 7 heteroatoms. The molecular formula is C22H34N2O5. The van der Waals surface area contributed by atoms with Gasteiger partial charge in [0.15, 0.2) is 11.5 Å². The standard InChI is InChI=1S/C22H34N2O5/c1-14(2)10-17(23-21(26)29-22(4,5)6)20(25)24(7)15(3)11-16-8-9-18-19(12-16)28-13-27-18/h8-9,12,14-15,17H,10-11,13H2,1-7H3,(H,23,26)/t15-,17+/m0/s1. The van der Waals surface area contributed by atoms with E-state index in [1.165, 1.54) is 0 Å². The van der Waals surface area contributed by atoms with Crippen LogP contribution in [0.2, 0.25) is 0 Å². The number of rotatable bonds is 7. The zero-order valence-electron chi connectivity index (χ0n) is 18.6. The van der Waals surface area contributed by atoms with Crippen molar-refractivity contribution in [2.75, 3.05) is 13.8 Å². The smallest absolute Gasteiger partial charge is 0.408 e. The van der Waals surface area contributed by atoms with Crippen LogP contribution in [0.15, 0.2) is 18.2 Å². The second-order valence-corrected chi connectivity index (χ2v) is 9.02. The van der Waals surface area contributed by atoms with Gasteiger partial charge in [-0.25, -0.2) is 4.79 Å². The maximum Gasteiger partial charge on any atom is 0.408 e. The number of benzene rings is 1. The number of nitrogens with zero attached hydrogens (tertiary/aromatic N) is 1. The van der Waals surface area contributed by atoms with Crippen molar-refractivity contribution in [2.45, 2.75) is 72.1 Å². The molecule has 0 fully saturated rings. The average molecular weight is 407 g/mol. The first-order valence-electron chi connectivity index (χ1n) is 10.1. The summed E-state index contributed by atoms with van der Waals surface area (Å²) in [6.07, 6.45) is 0.632. The Kier molecular flexibility index (Phi) is 7.38. The molecule has 1 aromatic carbocycles. The van der Waals surface area contributed by atoms with Gasteiger partial charge in [-0.3, -0.25) is 4.79 Å². The first-order valence-corrected chi connectivity index (χ1v) is 10.1. The Hall–Kier alpha value is -2.44. The lowest BCUT2D eigenvalue weighted by molar-refractivity contribution is -0.134. The summed E-state index contributed by atoms with van der Waals surface area (Å²) < 4.78 is 16.1. The Bertz CT molecular complexity index is 726. The van der Waals surface area contributed by atoms with E-state index in [4.69, 9.17) is 14.2 Å². The zero-order valence-corrected chi connectivity index (χ0v) is 18.6. The minimum atomic E-state index is -0.631. The molecule has 29 heavy (non-hydrogen) atoms. The van der Waals surface area contributed by atoms with Crippen molar-refractivity contribution in [3.63, 3.8) is 0 Å². The first-order chi connectivity index (χ1) is 13.5. The SMILES string of the molecule is CC(C)C[C@@H](NC(=O)OC(C)(C)C)C(=O)N(C)[C@@H](C)Cc1ccc2c(c1)OCO2. The van der Waals surface area contributed by atoms with Gasteiger partial charge in [0.05, 0.1) is 0 Å². The second kappa shape index (κ2) is 9.37. The van der Waals surface area contributed by atoms with E-state index in [-0.39, 0.29) is 24.7 Å². The lowest BCUT2D eigenvalue weighted by Crippen LogP contribution is -2.51. The molecule has 0 unspecified atom stereocenters. The molecule has 2 amide bonds. The molecule has 0 bridgehead atoms. The first kappa shape index (κ1) is 22.8. The summed E-state index contributed by atoms with van der Waals surface area (Å²) in [6, 6.07) is 5.12. The monoisotopic (exact) mass is 406 g/mol. The third-order valence-electron chi connectivity index (χ3n) is 4.67. The van der Waals surface area contributed by atoms with Gasteiger partial charge < -0.3 is 24.4 Å². The highest BCUT2D eigenvalue weighted by atomic mass is 16.7. The van der Waals surface area contributed by atoms with Crippen molar-refractivity contribution in [3.8, 4) is 11.5 Å². The van der Waals surface area contributed by atoms with E-state index in [0.29, 0.717) is 12.8 Å². The summed E-state index contributed by atoms with van der Waals surface area (Å²) in [5.41, 5.74) is 0.440. The molecular weight excluding hydrogens is 372 g/mol. The highest BCUT2D eigenvalue weighted by molar-refractivity contribution is 5.85. The highest BCUT2D eigenvalue weighted by Gasteiger charge is 2.29. The molecule has 0 saturated carbocycles. The fourth-order valence-corrected chi connectivity index (χ4v) is 3.15. The van der Waals surface area contributed by atoms with Crippen LogP contribution in [0.5, 0.6) is 11.5 Å². The Morgan fingerprint density at radius 2 is 1.83 bits per heavy atom. The number of hydrogen-bond acceptors (Lipinski definition) is 5. The van der Waals surface area contributed by atoms with Crippen LogP contribution in [0, 0.1) is 5.92 Å². The van der Waals surface area contributed by atoms with E-state index in [1.54, 1.807) is 32.7 Å². The zero-order chi connectivity index (χ0) is 21.8. The molecule has 1 aliphatic rings. The molecule has 162 valence electrons. The minimum Gasteiger partial charge on any atom is -0.454 e. The summed E-state index contributed by atoms with van der Waals surface area (Å²) in [5, 5.41) is 2.75. The van der Waals surface area contributed by atoms with E-state index >= 15 is 0 Å². The van der Waals surface area contributed by atoms with Crippen molar-refractivity contribution in [3.05, 3.63) is 23.8 Å². The molecule has 7 nitrogen and oxygen atoms in total. The van der Waals surface area contributed by atoms with Gasteiger partial charge in [-0.15, -0.1) is 0 Å². The topological polar surface area (TPSA) is 77.1 Å². The molecule has 0 radical (unpaired) electrons. The van der Waals surface area contributed by atoms with Crippen molar-refractivity contribution in [1.29, 1.82) is 0 Å². The highest BCUT2D eigenvalue weighted by Crippen LogP contribution is 2.33. The predicted molar refractivity (Wildman–Crippen MR) is 111 cm³/mol. The molecule has 0 aromatic heterocycles. The maximum atomic E-state index is 13.1. The largest absolute Gasteiger partial charge is 0.454 e. The fourth-order valence-electron chi connectivity index (χ4n) is 3.15. The van der Waals surface area contributed by atoms with E-state index in [9.17, 15) is 9.59 Å². The molecule has 1 heterocycles. The van der Waals surface area contributed by atoms with Crippen LogP contribution in [-0.2, 0) is 16.0 Å². The molecule has 0 saturated heterocycles. The van der Waals surface area contributed by atoms with E-state index in [1.807, 2.05) is 39.0 Å². The number of carbonyl (C=O) groups excluding carboxylic acids is 2. The van der Waals surface area contributed by atoms with Gasteiger partial charge in [0, 0.05) is 13.1 Å². The fraction of sp³-hybridized carbons (Fsp3) is 0.636. The number of hydrogen-bond donors (Lipinski definition) is 1. The quantitative estimate of drug-likeness (QED) is 0.746. The summed E-state index contributed by atoms with van der Waals surface area (Å²) in [4.78, 5) is 27.0. The third kappa shape index (κ3) is 6.84. The third-order valence-corrected chi connectivity index (χ3v) is 4.67. The predicted octanol–water partition coefficient (Wildman–Crippen LogP) is 3.74. The van der Waals surface area contributed by atoms with E-state index < -0.39 is 17.7 Å². The number of fused-ring (bicyclic) bond motifs is 1. The molecule has 2 rings (SSSR count). The maximum absolute atomic E-state index is 13.1. The van der Waals surface area contributed by atoms with Gasteiger partial charge in [-0.05, 0) is 64.2 Å². The van der Waals surface area contributed by atoms with Gasteiger partial charge in [-0.2, -0.15) is 0 Å². The van der Waals surface area contributed by atoms with Gasteiger partial charge in [0.25, 0.3) is 0 Å². The van der Waals surface area contributed by atoms with Gasteiger partial charge in [0.1, 0.15) is 11.6 Å². The average Bonchev–Trinajstić information content (AvgIpc) is 3.05. The molecule has 1 aromatic rings. The van der Waals surface area contributed by atoms with Gasteiger partial charge >= 0.3 is 6.09 Å². The molecule has 0 spiro atoms. The summed E-state index contributed by atoms with van der Waals surface area (Å²) >= 11 is 0. The van der Waals surface area contributed by atoms with Crippen LogP contribution in [0.3, 0.4) is 0 Å². The van der Waals surface area contributed by atoms with E-state index in [2.05, 4.69) is 5.32 Å². The van der Waals surface area contributed by atoms with Gasteiger partial charge in [0.2, 0.25) is 12.7 Å². The number of ether oxygens (including phenoxy) is 3. The van der Waals surface area contributed by atoms with Gasteiger partial charge in [-0.1, -0.05) is 19.9 Å². The minimum absolute atomic E-state index is 0.0574. The summed E-state index contributed by atoms with van der Waals surface area (Å²) in [5.74, 6) is 1.59. The number of carbonyl (C=O) groups is 2. The van der Waals surface area contributed by atoms with Crippen LogP contribution in [0.25, 0.3) is 0 Å².